The van der Waals surface area contributed by atoms with Gasteiger partial charge in [0.15, 0.2) is 5.82 Å². The van der Waals surface area contributed by atoms with Crippen LogP contribution in [0.1, 0.15) is 29.1 Å². The number of aromatic nitrogens is 2. The number of nitrogens with zero attached hydrogens (tertiary/aromatic N) is 3. The lowest BCUT2D eigenvalue weighted by Crippen LogP contribution is -2.38. The van der Waals surface area contributed by atoms with Crippen molar-refractivity contribution >= 4 is 22.6 Å². The Kier molecular flexibility index (Phi) is 4.34. The highest BCUT2D eigenvalue weighted by molar-refractivity contribution is 5.92. The van der Waals surface area contributed by atoms with E-state index in [0.29, 0.717) is 11.4 Å². The molecule has 2 fully saturated rings. The first-order chi connectivity index (χ1) is 14.1. The van der Waals surface area contributed by atoms with Gasteiger partial charge in [-0.2, -0.15) is 0 Å². The minimum atomic E-state index is 0. The number of para-hydroxylation sites is 1. The second-order valence-electron chi connectivity index (χ2n) is 8.12. The molecule has 6 nitrogen and oxygen atoms in total. The second kappa shape index (κ2) is 7.03. The van der Waals surface area contributed by atoms with Crippen molar-refractivity contribution in [2.75, 3.05) is 18.0 Å². The number of aryl methyl sites for hydroxylation is 1. The molecule has 1 saturated heterocycles. The van der Waals surface area contributed by atoms with Crippen molar-refractivity contribution in [3.63, 3.8) is 0 Å². The molecule has 0 unspecified atom stereocenters. The van der Waals surface area contributed by atoms with Crippen LogP contribution in [-0.2, 0) is 4.79 Å². The molecule has 2 aliphatic rings. The molecule has 6 heteroatoms. The Balaban J connectivity index is 0.00000121. The summed E-state index contributed by atoms with van der Waals surface area (Å²) >= 11 is 0. The molecule has 1 aromatic heterocycles. The zero-order valence-electron chi connectivity index (χ0n) is 16.4. The Morgan fingerprint density at radius 1 is 1.17 bits per heavy atom. The number of hydrogen-bond donors (Lipinski definition) is 2. The molecule has 1 atom stereocenters. The summed E-state index contributed by atoms with van der Waals surface area (Å²) in [5.41, 5.74) is 2.61. The van der Waals surface area contributed by atoms with Gasteiger partial charge in [-0.3, -0.25) is 4.79 Å². The molecule has 1 amide bonds. The van der Waals surface area contributed by atoms with Gasteiger partial charge in [0.05, 0.1) is 11.1 Å². The number of aromatic hydroxyl groups is 1. The van der Waals surface area contributed by atoms with Crippen LogP contribution < -0.4 is 10.2 Å². The van der Waals surface area contributed by atoms with E-state index < -0.39 is 0 Å². The summed E-state index contributed by atoms with van der Waals surface area (Å²) in [6, 6.07) is 13.5. The number of hydrogen-bond acceptors (Lipinski definition) is 5. The van der Waals surface area contributed by atoms with Gasteiger partial charge in [-0.1, -0.05) is 18.2 Å². The fraction of sp³-hybridized carbons (Fsp3) is 0.348. The first-order valence-corrected chi connectivity index (χ1v) is 10.2. The van der Waals surface area contributed by atoms with E-state index in [1.807, 2.05) is 25.1 Å². The zero-order valence-corrected chi connectivity index (χ0v) is 16.4. The number of amides is 1. The average Bonchev–Trinajstić information content (AvgIpc) is 3.47. The minimum absolute atomic E-state index is 0. The number of anilines is 1. The van der Waals surface area contributed by atoms with Crippen molar-refractivity contribution in [3.05, 3.63) is 48.0 Å². The fourth-order valence-electron chi connectivity index (χ4n) is 3.98. The number of carbonyl (C=O) groups excluding carboxylic acids is 1. The van der Waals surface area contributed by atoms with E-state index in [9.17, 15) is 9.90 Å². The Morgan fingerprint density at radius 3 is 2.79 bits per heavy atom. The summed E-state index contributed by atoms with van der Waals surface area (Å²) in [6.45, 7) is 3.61. The molecule has 1 aliphatic carbocycles. The number of phenols is 1. The van der Waals surface area contributed by atoms with Crippen LogP contribution in [0.5, 0.6) is 5.75 Å². The maximum absolute atomic E-state index is 12.1. The smallest absolute Gasteiger partial charge is 0.223 e. The summed E-state index contributed by atoms with van der Waals surface area (Å²) in [5, 5.41) is 14.5. The maximum Gasteiger partial charge on any atom is 0.223 e. The topological polar surface area (TPSA) is 78.4 Å². The summed E-state index contributed by atoms with van der Waals surface area (Å²) in [4.78, 5) is 23.9. The van der Waals surface area contributed by atoms with Crippen molar-refractivity contribution in [2.24, 2.45) is 5.92 Å². The Labute approximate surface area is 174 Å². The number of carbonyl (C=O) groups is 1. The average molecular weight is 395 g/mol. The Hall–Kier alpha value is -3.15. The van der Waals surface area contributed by atoms with E-state index in [1.54, 1.807) is 12.1 Å². The zero-order chi connectivity index (χ0) is 20.0. The van der Waals surface area contributed by atoms with Crippen LogP contribution in [0.25, 0.3) is 22.3 Å². The molecule has 1 saturated carbocycles. The van der Waals surface area contributed by atoms with Gasteiger partial charge >= 0.3 is 0 Å². The van der Waals surface area contributed by atoms with Gasteiger partial charge in [0.25, 0.3) is 0 Å². The fourth-order valence-corrected chi connectivity index (χ4v) is 3.98. The molecule has 2 heterocycles. The molecule has 2 N–H and O–H groups in total. The van der Waals surface area contributed by atoms with E-state index in [4.69, 9.17) is 9.97 Å². The molecule has 0 bridgehead atoms. The lowest BCUT2D eigenvalue weighted by atomic mass is 10.1. The monoisotopic (exact) mass is 394 g/mol. The predicted molar refractivity (Wildman–Crippen MR) is 119 cm³/mol. The molecular weight excluding hydrogens is 364 g/mol. The highest BCUT2D eigenvalue weighted by Gasteiger charge is 2.33. The van der Waals surface area contributed by atoms with E-state index >= 15 is 0 Å². The maximum atomic E-state index is 12.1. The standard InChI is InChI=1S/C23H24N4O2.3H2/c1-14-6-9-17-19(12-14)25-21(18-4-2-3-5-20(18)28)26-22(17)27-11-10-16(13-27)24-23(29)15-7-8-15;;;/h2-6,9,12,15-16,28H,7-8,10-11,13H2,1H3,(H,24,29);3*1H/t16-;;;/m1.../s1. The van der Waals surface area contributed by atoms with E-state index in [0.717, 1.165) is 54.6 Å². The quantitative estimate of drug-likeness (QED) is 0.695. The molecule has 29 heavy (non-hydrogen) atoms. The normalized spacial score (nSPS) is 18.9. The number of rotatable bonds is 4. The number of nitrogens with one attached hydrogen (secondary N) is 1. The number of benzene rings is 2. The predicted octanol–water partition coefficient (Wildman–Crippen LogP) is 4.15. The SMILES string of the molecule is Cc1ccc2c(N3CC[C@@H](NC(=O)C4CC4)C3)nc(-c3ccccc3O)nc2c1.[HH].[HH].[HH]. The van der Waals surface area contributed by atoms with Crippen LogP contribution in [0, 0.1) is 12.8 Å². The summed E-state index contributed by atoms with van der Waals surface area (Å²) in [7, 11) is 0. The third kappa shape index (κ3) is 3.50. The van der Waals surface area contributed by atoms with Crippen LogP contribution in [0.15, 0.2) is 42.5 Å². The molecule has 2 aromatic carbocycles. The van der Waals surface area contributed by atoms with Crippen molar-refractivity contribution in [1.82, 2.24) is 15.3 Å². The molecular formula is C23H30N4O2. The summed E-state index contributed by atoms with van der Waals surface area (Å²) in [5.74, 6) is 1.95. The lowest BCUT2D eigenvalue weighted by Gasteiger charge is -2.21. The largest absolute Gasteiger partial charge is 0.507 e. The van der Waals surface area contributed by atoms with Crippen LogP contribution >= 0.6 is 0 Å². The van der Waals surface area contributed by atoms with Crippen molar-refractivity contribution in [3.8, 4) is 17.1 Å². The van der Waals surface area contributed by atoms with Gasteiger partial charge < -0.3 is 15.3 Å². The first-order valence-electron chi connectivity index (χ1n) is 10.2. The molecule has 154 valence electrons. The highest BCUT2D eigenvalue weighted by Crippen LogP contribution is 2.33. The summed E-state index contributed by atoms with van der Waals surface area (Å²) in [6.07, 6.45) is 2.94. The van der Waals surface area contributed by atoms with Crippen LogP contribution in [0.4, 0.5) is 5.82 Å². The molecule has 0 radical (unpaired) electrons. The van der Waals surface area contributed by atoms with Gasteiger partial charge in [-0.15, -0.1) is 0 Å². The molecule has 5 rings (SSSR count). The molecule has 0 spiro atoms. The van der Waals surface area contributed by atoms with Gasteiger partial charge in [0.1, 0.15) is 11.6 Å². The van der Waals surface area contributed by atoms with E-state index in [1.165, 1.54) is 0 Å². The number of fused-ring (bicyclic) bond motifs is 1. The minimum Gasteiger partial charge on any atom is -0.507 e. The van der Waals surface area contributed by atoms with Crippen LogP contribution in [0.3, 0.4) is 0 Å². The van der Waals surface area contributed by atoms with E-state index in [-0.39, 0.29) is 27.9 Å². The Bertz CT molecular complexity index is 1110. The van der Waals surface area contributed by atoms with Crippen LogP contribution in [0.2, 0.25) is 0 Å². The Morgan fingerprint density at radius 2 is 2.00 bits per heavy atom. The van der Waals surface area contributed by atoms with Crippen molar-refractivity contribution in [1.29, 1.82) is 0 Å². The van der Waals surface area contributed by atoms with Gasteiger partial charge in [-0.05, 0) is 56.0 Å². The van der Waals surface area contributed by atoms with Gasteiger partial charge in [0, 0.05) is 34.7 Å². The summed E-state index contributed by atoms with van der Waals surface area (Å²) < 4.78 is 0. The lowest BCUT2D eigenvalue weighted by molar-refractivity contribution is -0.122. The van der Waals surface area contributed by atoms with Crippen molar-refractivity contribution in [2.45, 2.75) is 32.2 Å². The van der Waals surface area contributed by atoms with Crippen molar-refractivity contribution < 1.29 is 14.2 Å². The van der Waals surface area contributed by atoms with Gasteiger partial charge in [-0.25, -0.2) is 9.97 Å². The highest BCUT2D eigenvalue weighted by atomic mass is 16.3. The molecule has 3 aromatic rings. The van der Waals surface area contributed by atoms with Crippen LogP contribution in [-0.4, -0.2) is 40.1 Å². The first kappa shape index (κ1) is 17.9. The second-order valence-corrected chi connectivity index (χ2v) is 8.12. The third-order valence-electron chi connectivity index (χ3n) is 5.76. The third-order valence-corrected chi connectivity index (χ3v) is 5.76. The van der Waals surface area contributed by atoms with Gasteiger partial charge in [0.2, 0.25) is 5.91 Å². The molecule has 1 aliphatic heterocycles. The van der Waals surface area contributed by atoms with E-state index in [2.05, 4.69) is 22.3 Å². The number of phenolic OH excluding ortho intramolecular Hbond substituents is 1.